The zero-order chi connectivity index (χ0) is 13.9. The van der Waals surface area contributed by atoms with Crippen LogP contribution in [-0.4, -0.2) is 24.0 Å². The second-order valence-corrected chi connectivity index (χ2v) is 5.43. The van der Waals surface area contributed by atoms with Crippen LogP contribution in [0.3, 0.4) is 0 Å². The lowest BCUT2D eigenvalue weighted by Crippen LogP contribution is -2.37. The van der Waals surface area contributed by atoms with Crippen LogP contribution in [0, 0.1) is 5.92 Å². The maximum atomic E-state index is 12.3. The first-order valence-electron chi connectivity index (χ1n) is 6.80. The molecule has 1 saturated heterocycles. The topological polar surface area (TPSA) is 54.0 Å². The number of carbonyl (C=O) groups is 1. The predicted molar refractivity (Wildman–Crippen MR) is 81.0 cm³/mol. The molecule has 104 valence electrons. The smallest absolute Gasteiger partial charge is 0.228 e. The molecule has 20 heavy (non-hydrogen) atoms. The van der Waals surface area contributed by atoms with Gasteiger partial charge < -0.3 is 10.6 Å². The normalized spacial score (nSPS) is 18.9. The first kappa shape index (κ1) is 13.3. The van der Waals surface area contributed by atoms with Crippen LogP contribution in [-0.2, 0) is 4.79 Å². The van der Waals surface area contributed by atoms with Crippen molar-refractivity contribution in [1.82, 2.24) is 10.3 Å². The van der Waals surface area contributed by atoms with Crippen LogP contribution in [0.1, 0.15) is 12.8 Å². The Morgan fingerprint density at radius 2 is 2.30 bits per heavy atom. The van der Waals surface area contributed by atoms with E-state index >= 15 is 0 Å². The molecule has 1 aromatic heterocycles. The zero-order valence-corrected chi connectivity index (χ0v) is 11.8. The summed E-state index contributed by atoms with van der Waals surface area (Å²) in [6.45, 7) is 1.74. The fourth-order valence-electron chi connectivity index (χ4n) is 2.56. The lowest BCUT2D eigenvalue weighted by Gasteiger charge is -2.22. The third kappa shape index (κ3) is 2.62. The minimum atomic E-state index is 0.0335. The molecule has 0 unspecified atom stereocenters. The molecular weight excluding hydrogens is 274 g/mol. The summed E-state index contributed by atoms with van der Waals surface area (Å²) in [5.74, 6) is 0.0934. The first-order valence-corrected chi connectivity index (χ1v) is 7.18. The summed E-state index contributed by atoms with van der Waals surface area (Å²) in [7, 11) is 0. The van der Waals surface area contributed by atoms with Crippen LogP contribution in [0.5, 0.6) is 0 Å². The average molecular weight is 290 g/mol. The number of nitrogens with one attached hydrogen (secondary N) is 2. The Morgan fingerprint density at radius 1 is 1.40 bits per heavy atom. The van der Waals surface area contributed by atoms with E-state index in [1.165, 1.54) is 0 Å². The number of anilines is 1. The maximum Gasteiger partial charge on any atom is 0.228 e. The van der Waals surface area contributed by atoms with Gasteiger partial charge in [0.2, 0.25) is 5.91 Å². The SMILES string of the molecule is O=C(Nc1ccc(Cl)c2ncccc12)[C@H]1CCCNC1. The van der Waals surface area contributed by atoms with Crippen molar-refractivity contribution in [2.24, 2.45) is 5.92 Å². The van der Waals surface area contributed by atoms with Crippen LogP contribution in [0.15, 0.2) is 30.5 Å². The van der Waals surface area contributed by atoms with Gasteiger partial charge in [0.1, 0.15) is 0 Å². The molecule has 4 nitrogen and oxygen atoms in total. The largest absolute Gasteiger partial charge is 0.325 e. The van der Waals surface area contributed by atoms with Crippen LogP contribution in [0.25, 0.3) is 10.9 Å². The van der Waals surface area contributed by atoms with Crippen molar-refractivity contribution in [3.05, 3.63) is 35.5 Å². The minimum absolute atomic E-state index is 0.0335. The van der Waals surface area contributed by atoms with Gasteiger partial charge in [0.05, 0.1) is 22.1 Å². The van der Waals surface area contributed by atoms with Crippen LogP contribution < -0.4 is 10.6 Å². The number of piperidine rings is 1. The Morgan fingerprint density at radius 3 is 3.10 bits per heavy atom. The van der Waals surface area contributed by atoms with Crippen molar-refractivity contribution in [3.63, 3.8) is 0 Å². The average Bonchev–Trinajstić information content (AvgIpc) is 2.51. The van der Waals surface area contributed by atoms with E-state index in [-0.39, 0.29) is 11.8 Å². The zero-order valence-electron chi connectivity index (χ0n) is 11.0. The van der Waals surface area contributed by atoms with Gasteiger partial charge in [0, 0.05) is 18.1 Å². The van der Waals surface area contributed by atoms with E-state index in [2.05, 4.69) is 15.6 Å². The highest BCUT2D eigenvalue weighted by atomic mass is 35.5. The van der Waals surface area contributed by atoms with Crippen LogP contribution in [0.2, 0.25) is 5.02 Å². The molecule has 2 N–H and O–H groups in total. The second-order valence-electron chi connectivity index (χ2n) is 5.03. The number of benzene rings is 1. The summed E-state index contributed by atoms with van der Waals surface area (Å²) in [5, 5.41) is 7.73. The van der Waals surface area contributed by atoms with Crippen molar-refractivity contribution < 1.29 is 4.79 Å². The van der Waals surface area contributed by atoms with E-state index in [9.17, 15) is 4.79 Å². The van der Waals surface area contributed by atoms with E-state index < -0.39 is 0 Å². The lowest BCUT2D eigenvalue weighted by molar-refractivity contribution is -0.120. The summed E-state index contributed by atoms with van der Waals surface area (Å²) in [4.78, 5) is 16.6. The molecule has 1 aliphatic heterocycles. The van der Waals surface area contributed by atoms with E-state index in [0.717, 1.165) is 37.0 Å². The molecule has 0 aliphatic carbocycles. The van der Waals surface area contributed by atoms with E-state index in [1.54, 1.807) is 12.3 Å². The molecule has 1 fully saturated rings. The number of hydrogen-bond donors (Lipinski definition) is 2. The quantitative estimate of drug-likeness (QED) is 0.894. The van der Waals surface area contributed by atoms with Gasteiger partial charge in [-0.25, -0.2) is 0 Å². The number of carbonyl (C=O) groups excluding carboxylic acids is 1. The summed E-state index contributed by atoms with van der Waals surface area (Å²) in [6.07, 6.45) is 3.68. The van der Waals surface area contributed by atoms with Crippen molar-refractivity contribution >= 4 is 34.1 Å². The number of aromatic nitrogens is 1. The molecule has 1 aromatic carbocycles. The summed E-state index contributed by atoms with van der Waals surface area (Å²) in [5.41, 5.74) is 1.49. The van der Waals surface area contributed by atoms with Crippen molar-refractivity contribution in [2.45, 2.75) is 12.8 Å². The number of nitrogens with zero attached hydrogens (tertiary/aromatic N) is 1. The molecule has 5 heteroatoms. The van der Waals surface area contributed by atoms with Gasteiger partial charge in [-0.1, -0.05) is 11.6 Å². The fourth-order valence-corrected chi connectivity index (χ4v) is 2.77. The van der Waals surface area contributed by atoms with E-state index in [1.807, 2.05) is 18.2 Å². The monoisotopic (exact) mass is 289 g/mol. The van der Waals surface area contributed by atoms with E-state index in [4.69, 9.17) is 11.6 Å². The van der Waals surface area contributed by atoms with Gasteiger partial charge in [-0.2, -0.15) is 0 Å². The summed E-state index contributed by atoms with van der Waals surface area (Å²) < 4.78 is 0. The van der Waals surface area contributed by atoms with E-state index in [0.29, 0.717) is 10.5 Å². The van der Waals surface area contributed by atoms with Crippen molar-refractivity contribution in [2.75, 3.05) is 18.4 Å². The number of rotatable bonds is 2. The number of halogens is 1. The summed E-state index contributed by atoms with van der Waals surface area (Å²) >= 11 is 6.13. The van der Waals surface area contributed by atoms with Gasteiger partial charge in [-0.15, -0.1) is 0 Å². The highest BCUT2D eigenvalue weighted by molar-refractivity contribution is 6.35. The minimum Gasteiger partial charge on any atom is -0.325 e. The Labute approximate surface area is 122 Å². The number of fused-ring (bicyclic) bond motifs is 1. The molecule has 1 atom stereocenters. The van der Waals surface area contributed by atoms with Crippen LogP contribution in [0.4, 0.5) is 5.69 Å². The Hall–Kier alpha value is -1.65. The molecule has 3 rings (SSSR count). The Balaban J connectivity index is 1.87. The fraction of sp³-hybridized carbons (Fsp3) is 0.333. The molecule has 0 spiro atoms. The molecule has 1 amide bonds. The molecule has 0 bridgehead atoms. The predicted octanol–water partition coefficient (Wildman–Crippen LogP) is 2.83. The van der Waals surface area contributed by atoms with Gasteiger partial charge in [0.15, 0.2) is 0 Å². The molecule has 0 saturated carbocycles. The number of pyridine rings is 1. The second kappa shape index (κ2) is 5.77. The molecular formula is C15H16ClN3O. The van der Waals surface area contributed by atoms with Crippen molar-refractivity contribution in [1.29, 1.82) is 0 Å². The third-order valence-corrected chi connectivity index (χ3v) is 3.95. The number of amides is 1. The highest BCUT2D eigenvalue weighted by Gasteiger charge is 2.21. The summed E-state index contributed by atoms with van der Waals surface area (Å²) in [6, 6.07) is 7.37. The molecule has 2 heterocycles. The standard InChI is InChI=1S/C15H16ClN3O/c16-12-5-6-13(11-4-2-8-18-14(11)12)19-15(20)10-3-1-7-17-9-10/h2,4-6,8,10,17H,1,3,7,9H2,(H,19,20)/t10-/m0/s1. The Kier molecular flexibility index (Phi) is 3.85. The molecule has 2 aromatic rings. The van der Waals surface area contributed by atoms with Crippen LogP contribution >= 0.6 is 11.6 Å². The van der Waals surface area contributed by atoms with Gasteiger partial charge >= 0.3 is 0 Å². The molecule has 0 radical (unpaired) electrons. The van der Waals surface area contributed by atoms with Gasteiger partial charge in [0.25, 0.3) is 0 Å². The lowest BCUT2D eigenvalue weighted by atomic mass is 9.98. The van der Waals surface area contributed by atoms with Crippen molar-refractivity contribution in [3.8, 4) is 0 Å². The number of hydrogen-bond acceptors (Lipinski definition) is 3. The maximum absolute atomic E-state index is 12.3. The third-order valence-electron chi connectivity index (χ3n) is 3.65. The molecule has 1 aliphatic rings. The van der Waals surface area contributed by atoms with Gasteiger partial charge in [-0.3, -0.25) is 9.78 Å². The highest BCUT2D eigenvalue weighted by Crippen LogP contribution is 2.28. The first-order chi connectivity index (χ1) is 9.75. The van der Waals surface area contributed by atoms with Gasteiger partial charge in [-0.05, 0) is 43.7 Å². The Bertz CT molecular complexity index is 638.